The molecule has 0 atom stereocenters. The topological polar surface area (TPSA) is 185 Å². The number of hydrogen-bond donors (Lipinski definition) is 3. The molecule has 13 nitrogen and oxygen atoms in total. The van der Waals surface area contributed by atoms with Crippen molar-refractivity contribution in [3.05, 3.63) is 201 Å². The van der Waals surface area contributed by atoms with Crippen molar-refractivity contribution in [3.63, 3.8) is 0 Å². The Labute approximate surface area is 436 Å². The lowest BCUT2D eigenvalue weighted by Crippen LogP contribution is -2.02. The Morgan fingerprint density at radius 1 is 0.513 bits per heavy atom. The highest BCUT2D eigenvalue weighted by Gasteiger charge is 2.23. The van der Waals surface area contributed by atoms with Gasteiger partial charge in [0, 0.05) is 56.4 Å². The van der Waals surface area contributed by atoms with Crippen LogP contribution in [0.1, 0.15) is 81.4 Å². The molecule has 0 spiro atoms. The van der Waals surface area contributed by atoms with Crippen molar-refractivity contribution in [2.24, 2.45) is 0 Å². The van der Waals surface area contributed by atoms with Gasteiger partial charge in [-0.25, -0.2) is 34.3 Å². The Bertz CT molecular complexity index is 4270. The first-order valence-corrected chi connectivity index (χ1v) is 24.4. The number of pyridine rings is 5. The third-order valence-corrected chi connectivity index (χ3v) is 13.8. The standard InChI is InChI=1S/C22H15NO3.C21H18N2O2.C20H17N3O2/c1-4-14-15-7-5-6-8-18(15)26-21(14)17-11-16(22(24)25)19-12(2)9-10-13(3)20(19)23-17;1-12-8-13(2)20-17(9-12)18(21(24)25)11-19(22-20)16-10-15-6-4-5-7-23(15)14(16)3;1-11-8-12(2)18-14(9-11)15(20(24)25)10-16(21-18)19-13(3)23-7-5-4-6-17(23)22-19/h1,5-11H,2-3H3,(H,24,25);4-11H,1-3H3,(H,24,25);4-10H,1-3H3,(H,24,25). The summed E-state index contributed by atoms with van der Waals surface area (Å²) in [4.78, 5) is 54.5. The molecule has 76 heavy (non-hydrogen) atoms. The van der Waals surface area contributed by atoms with Crippen LogP contribution in [0.2, 0.25) is 0 Å². The first kappa shape index (κ1) is 49.6. The Morgan fingerprint density at radius 2 is 1.07 bits per heavy atom. The van der Waals surface area contributed by atoms with Gasteiger partial charge in [0.15, 0.2) is 5.76 Å². The number of furan rings is 1. The molecule has 12 rings (SSSR count). The van der Waals surface area contributed by atoms with Crippen LogP contribution < -0.4 is 0 Å². The molecular formula is C63H50N6O7. The van der Waals surface area contributed by atoms with Crippen molar-refractivity contribution in [3.8, 4) is 46.4 Å². The molecule has 0 amide bonds. The van der Waals surface area contributed by atoms with Crippen LogP contribution in [0.3, 0.4) is 0 Å². The second-order valence-electron chi connectivity index (χ2n) is 19.0. The number of para-hydroxylation sites is 1. The maximum atomic E-state index is 11.9. The van der Waals surface area contributed by atoms with E-state index in [1.807, 2.05) is 169 Å². The van der Waals surface area contributed by atoms with Gasteiger partial charge in [-0.15, -0.1) is 6.42 Å². The molecule has 0 fully saturated rings. The highest BCUT2D eigenvalue weighted by atomic mass is 16.4. The molecule has 13 heteroatoms. The minimum Gasteiger partial charge on any atom is -0.478 e. The molecule has 4 aromatic carbocycles. The van der Waals surface area contributed by atoms with Crippen LogP contribution in [0.4, 0.5) is 0 Å². The molecule has 0 aliphatic heterocycles. The number of rotatable bonds is 6. The Hall–Kier alpha value is -9.93. The summed E-state index contributed by atoms with van der Waals surface area (Å²) in [6.45, 7) is 15.6. The molecule has 8 aromatic heterocycles. The highest BCUT2D eigenvalue weighted by molar-refractivity contribution is 6.07. The fraction of sp³-hybridized carbons (Fsp3) is 0.127. The largest absolute Gasteiger partial charge is 0.478 e. The molecule has 0 bridgehead atoms. The summed E-state index contributed by atoms with van der Waals surface area (Å²) >= 11 is 0. The monoisotopic (exact) mass is 1000 g/mol. The smallest absolute Gasteiger partial charge is 0.336 e. The number of terminal acetylenes is 1. The predicted molar refractivity (Wildman–Crippen MR) is 298 cm³/mol. The van der Waals surface area contributed by atoms with Crippen molar-refractivity contribution >= 4 is 72.7 Å². The van der Waals surface area contributed by atoms with Gasteiger partial charge < -0.3 is 28.5 Å². The number of carboxylic acids is 3. The SMILES string of the molecule is C#Cc1c(-c2cc(C(=O)O)c3c(C)ccc(C)c3n2)oc2ccccc12.Cc1cc(C)c2nc(-c3cc4ccccn4c3C)cc(C(=O)O)c2c1.Cc1cc(C)c2nc(-c3nc4ccccn4c3C)cc(C(=O)O)c2c1. The first-order chi connectivity index (χ1) is 36.4. The number of aryl methyl sites for hydroxylation is 8. The number of nitrogens with zero attached hydrogens (tertiary/aromatic N) is 6. The summed E-state index contributed by atoms with van der Waals surface area (Å²) in [5, 5.41) is 31.9. The zero-order valence-electron chi connectivity index (χ0n) is 42.9. The number of fused-ring (bicyclic) bond motifs is 6. The van der Waals surface area contributed by atoms with Gasteiger partial charge >= 0.3 is 17.9 Å². The third kappa shape index (κ3) is 8.81. The van der Waals surface area contributed by atoms with E-state index in [1.165, 1.54) is 6.07 Å². The molecule has 0 aliphatic carbocycles. The van der Waals surface area contributed by atoms with Crippen LogP contribution in [0.5, 0.6) is 0 Å². The van der Waals surface area contributed by atoms with E-state index in [0.717, 1.165) is 72.4 Å². The minimum atomic E-state index is -1.01. The summed E-state index contributed by atoms with van der Waals surface area (Å²) in [6.07, 6.45) is 9.65. The molecule has 0 saturated carbocycles. The Morgan fingerprint density at radius 3 is 1.68 bits per heavy atom. The van der Waals surface area contributed by atoms with Gasteiger partial charge in [0.25, 0.3) is 0 Å². The fourth-order valence-corrected chi connectivity index (χ4v) is 10.2. The van der Waals surface area contributed by atoms with Gasteiger partial charge in [0.1, 0.15) is 22.6 Å². The average Bonchev–Trinajstić information content (AvgIpc) is 4.10. The average molecular weight is 1000 g/mol. The molecule has 374 valence electrons. The molecule has 0 aliphatic rings. The number of imidazole rings is 1. The van der Waals surface area contributed by atoms with Crippen molar-refractivity contribution in [2.45, 2.75) is 55.4 Å². The Balaban J connectivity index is 0.000000130. The van der Waals surface area contributed by atoms with Crippen LogP contribution in [-0.4, -0.2) is 62.0 Å². The highest BCUT2D eigenvalue weighted by Crippen LogP contribution is 2.37. The van der Waals surface area contributed by atoms with Crippen LogP contribution in [0.15, 0.2) is 138 Å². The maximum absolute atomic E-state index is 11.9. The second-order valence-corrected chi connectivity index (χ2v) is 19.0. The van der Waals surface area contributed by atoms with Gasteiger partial charge in [-0.3, -0.25) is 0 Å². The molecule has 12 aromatic rings. The van der Waals surface area contributed by atoms with Crippen LogP contribution in [-0.2, 0) is 0 Å². The molecular weight excluding hydrogens is 953 g/mol. The van der Waals surface area contributed by atoms with E-state index in [0.29, 0.717) is 72.4 Å². The lowest BCUT2D eigenvalue weighted by molar-refractivity contribution is 0.0688. The number of benzene rings is 4. The zero-order valence-corrected chi connectivity index (χ0v) is 42.9. The number of hydrogen-bond acceptors (Lipinski definition) is 8. The maximum Gasteiger partial charge on any atom is 0.336 e. The van der Waals surface area contributed by atoms with Gasteiger partial charge in [0.05, 0.1) is 50.2 Å². The van der Waals surface area contributed by atoms with E-state index in [-0.39, 0.29) is 11.1 Å². The molecule has 8 heterocycles. The number of aromatic nitrogens is 6. The van der Waals surface area contributed by atoms with E-state index in [1.54, 1.807) is 12.1 Å². The molecule has 3 N–H and O–H groups in total. The van der Waals surface area contributed by atoms with E-state index in [4.69, 9.17) is 25.8 Å². The van der Waals surface area contributed by atoms with E-state index < -0.39 is 17.9 Å². The molecule has 0 saturated heterocycles. The van der Waals surface area contributed by atoms with Gasteiger partial charge in [-0.1, -0.05) is 65.6 Å². The normalized spacial score (nSPS) is 11.2. The first-order valence-electron chi connectivity index (χ1n) is 24.4. The summed E-state index contributed by atoms with van der Waals surface area (Å²) in [5.41, 5.74) is 17.0. The van der Waals surface area contributed by atoms with Crippen LogP contribution >= 0.6 is 0 Å². The summed E-state index contributed by atoms with van der Waals surface area (Å²) in [6, 6.07) is 37.8. The molecule has 0 radical (unpaired) electrons. The van der Waals surface area contributed by atoms with E-state index in [9.17, 15) is 29.7 Å². The van der Waals surface area contributed by atoms with E-state index in [2.05, 4.69) is 21.4 Å². The van der Waals surface area contributed by atoms with Gasteiger partial charge in [-0.05, 0) is 150 Å². The van der Waals surface area contributed by atoms with Crippen molar-refractivity contribution in [1.82, 2.24) is 28.7 Å². The number of carboxylic acid groups (broad SMARTS) is 3. The minimum absolute atomic E-state index is 0.189. The lowest BCUT2D eigenvalue weighted by atomic mass is 9.99. The molecule has 0 unspecified atom stereocenters. The predicted octanol–water partition coefficient (Wildman–Crippen LogP) is 13.9. The quantitative estimate of drug-likeness (QED) is 0.135. The van der Waals surface area contributed by atoms with Crippen molar-refractivity contribution in [1.29, 1.82) is 0 Å². The number of aromatic carboxylic acids is 3. The summed E-state index contributed by atoms with van der Waals surface area (Å²) < 4.78 is 9.99. The summed E-state index contributed by atoms with van der Waals surface area (Å²) in [5.74, 6) is 0.177. The van der Waals surface area contributed by atoms with Gasteiger partial charge in [0.2, 0.25) is 0 Å². The zero-order chi connectivity index (χ0) is 53.9. The van der Waals surface area contributed by atoms with E-state index >= 15 is 0 Å². The Kier molecular flexibility index (Phi) is 12.7. The lowest BCUT2D eigenvalue weighted by Gasteiger charge is -2.10. The third-order valence-electron chi connectivity index (χ3n) is 13.8. The fourth-order valence-electron chi connectivity index (χ4n) is 10.2. The van der Waals surface area contributed by atoms with Crippen LogP contribution in [0.25, 0.3) is 88.9 Å². The van der Waals surface area contributed by atoms with Crippen molar-refractivity contribution < 1.29 is 34.1 Å². The van der Waals surface area contributed by atoms with Crippen molar-refractivity contribution in [2.75, 3.05) is 0 Å². The number of carbonyl (C=O) groups is 3. The van der Waals surface area contributed by atoms with Crippen LogP contribution in [0, 0.1) is 67.7 Å². The summed E-state index contributed by atoms with van der Waals surface area (Å²) in [7, 11) is 0. The second kappa shape index (κ2) is 19.5. The van der Waals surface area contributed by atoms with Gasteiger partial charge in [-0.2, -0.15) is 0 Å².